The Morgan fingerprint density at radius 3 is 2.48 bits per heavy atom. The van der Waals surface area contributed by atoms with Crippen molar-refractivity contribution in [3.8, 4) is 5.75 Å². The zero-order chi connectivity index (χ0) is 17.6. The first-order valence-corrected chi connectivity index (χ1v) is 9.65. The van der Waals surface area contributed by atoms with Gasteiger partial charge in [0, 0.05) is 22.3 Å². The molecule has 0 aliphatic heterocycles. The lowest BCUT2D eigenvalue weighted by Crippen LogP contribution is -2.05. The van der Waals surface area contributed by atoms with Crippen LogP contribution < -0.4 is 10.1 Å². The maximum absolute atomic E-state index is 6.11. The molecule has 0 aliphatic rings. The maximum atomic E-state index is 6.11. The van der Waals surface area contributed by atoms with E-state index in [1.165, 1.54) is 5.56 Å². The number of hydrogen-bond donors (Lipinski definition) is 1. The Morgan fingerprint density at radius 1 is 0.920 bits per heavy atom. The summed E-state index contributed by atoms with van der Waals surface area (Å²) >= 11 is 7.19. The molecule has 2 nitrogen and oxygen atoms in total. The van der Waals surface area contributed by atoms with Crippen molar-refractivity contribution in [1.29, 1.82) is 0 Å². The van der Waals surface area contributed by atoms with Crippen molar-refractivity contribution >= 4 is 37.5 Å². The lowest BCUT2D eigenvalue weighted by atomic mass is 10.1. The largest absolute Gasteiger partial charge is 0.487 e. The molecule has 0 heterocycles. The lowest BCUT2D eigenvalue weighted by molar-refractivity contribution is 0.301. The minimum absolute atomic E-state index is 0.540. The summed E-state index contributed by atoms with van der Waals surface area (Å²) in [6.45, 7) is 3.32. The molecule has 4 heteroatoms. The highest BCUT2D eigenvalue weighted by molar-refractivity contribution is 9.11. The van der Waals surface area contributed by atoms with E-state index in [1.54, 1.807) is 0 Å². The van der Waals surface area contributed by atoms with E-state index in [4.69, 9.17) is 4.74 Å². The zero-order valence-electron chi connectivity index (χ0n) is 13.9. The van der Waals surface area contributed by atoms with Crippen LogP contribution in [-0.2, 0) is 13.2 Å². The third-order valence-electron chi connectivity index (χ3n) is 3.81. The summed E-state index contributed by atoms with van der Waals surface area (Å²) in [4.78, 5) is 0. The third kappa shape index (κ3) is 5.10. The molecule has 0 spiro atoms. The quantitative estimate of drug-likeness (QED) is 0.441. The Balaban J connectivity index is 1.77. The predicted octanol–water partition coefficient (Wildman–Crippen LogP) is 6.71. The summed E-state index contributed by atoms with van der Waals surface area (Å²) < 4.78 is 8.08. The van der Waals surface area contributed by atoms with Gasteiger partial charge in [-0.15, -0.1) is 0 Å². The first-order valence-electron chi connectivity index (χ1n) is 8.07. The summed E-state index contributed by atoms with van der Waals surface area (Å²) in [6, 6.07) is 22.7. The summed E-state index contributed by atoms with van der Waals surface area (Å²) in [6.07, 6.45) is 0. The minimum atomic E-state index is 0.540. The molecule has 3 aromatic rings. The van der Waals surface area contributed by atoms with E-state index in [1.807, 2.05) is 24.3 Å². The van der Waals surface area contributed by atoms with Crippen LogP contribution in [0.15, 0.2) is 75.7 Å². The van der Waals surface area contributed by atoms with Crippen molar-refractivity contribution in [3.05, 3.63) is 92.4 Å². The number of ether oxygens (including phenoxy) is 1. The molecule has 0 aromatic heterocycles. The highest BCUT2D eigenvalue weighted by Crippen LogP contribution is 2.34. The number of rotatable bonds is 6. The molecule has 3 aromatic carbocycles. The highest BCUT2D eigenvalue weighted by Gasteiger charge is 2.11. The summed E-state index contributed by atoms with van der Waals surface area (Å²) in [5.74, 6) is 0.868. The molecule has 25 heavy (non-hydrogen) atoms. The molecule has 0 radical (unpaired) electrons. The second-order valence-electron chi connectivity index (χ2n) is 5.87. The van der Waals surface area contributed by atoms with Crippen LogP contribution in [0.5, 0.6) is 5.75 Å². The topological polar surface area (TPSA) is 21.3 Å². The molecule has 0 fully saturated rings. The summed E-state index contributed by atoms with van der Waals surface area (Å²) in [5.41, 5.74) is 4.58. The normalized spacial score (nSPS) is 10.5. The Bertz CT molecular complexity index is 850. The van der Waals surface area contributed by atoms with Gasteiger partial charge in [0.1, 0.15) is 12.4 Å². The smallest absolute Gasteiger partial charge is 0.139 e. The molecule has 0 saturated carbocycles. The predicted molar refractivity (Wildman–Crippen MR) is 111 cm³/mol. The molecule has 0 aliphatic carbocycles. The van der Waals surface area contributed by atoms with Gasteiger partial charge >= 0.3 is 0 Å². The van der Waals surface area contributed by atoms with Gasteiger partial charge in [-0.05, 0) is 58.2 Å². The molecule has 0 bridgehead atoms. The second kappa shape index (κ2) is 8.54. The van der Waals surface area contributed by atoms with E-state index in [0.29, 0.717) is 13.2 Å². The Kier molecular flexibility index (Phi) is 6.16. The average Bonchev–Trinajstić information content (AvgIpc) is 2.60. The van der Waals surface area contributed by atoms with Crippen molar-refractivity contribution < 1.29 is 4.74 Å². The van der Waals surface area contributed by atoms with Gasteiger partial charge in [-0.2, -0.15) is 0 Å². The molecule has 0 unspecified atom stereocenters. The molecule has 0 saturated heterocycles. The standard InChI is InChI=1S/C21H19Br2NO/c1-15-6-5-9-19(10-15)24-13-17-11-18(22)12-20(23)21(17)25-14-16-7-3-2-4-8-16/h2-12,24H,13-14H2,1H3. The van der Waals surface area contributed by atoms with Crippen LogP contribution in [-0.4, -0.2) is 0 Å². The van der Waals surface area contributed by atoms with Gasteiger partial charge in [-0.1, -0.05) is 58.4 Å². The fraction of sp³-hybridized carbons (Fsp3) is 0.143. The first-order chi connectivity index (χ1) is 12.1. The second-order valence-corrected chi connectivity index (χ2v) is 7.64. The number of benzene rings is 3. The molecule has 1 N–H and O–H groups in total. The average molecular weight is 461 g/mol. The summed E-state index contributed by atoms with van der Waals surface area (Å²) in [5, 5.41) is 3.47. The maximum Gasteiger partial charge on any atom is 0.139 e. The van der Waals surface area contributed by atoms with Gasteiger partial charge in [-0.3, -0.25) is 0 Å². The van der Waals surface area contributed by atoms with E-state index in [0.717, 1.165) is 31.5 Å². The number of hydrogen-bond acceptors (Lipinski definition) is 2. The van der Waals surface area contributed by atoms with Crippen LogP contribution >= 0.6 is 31.9 Å². The Morgan fingerprint density at radius 2 is 1.72 bits per heavy atom. The van der Waals surface area contributed by atoms with Crippen LogP contribution in [0.3, 0.4) is 0 Å². The fourth-order valence-electron chi connectivity index (χ4n) is 2.59. The van der Waals surface area contributed by atoms with Gasteiger partial charge in [0.15, 0.2) is 0 Å². The van der Waals surface area contributed by atoms with Gasteiger partial charge in [0.25, 0.3) is 0 Å². The van der Waals surface area contributed by atoms with Gasteiger partial charge in [0.05, 0.1) is 4.47 Å². The Labute approximate surface area is 165 Å². The van der Waals surface area contributed by atoms with Crippen LogP contribution in [0.1, 0.15) is 16.7 Å². The van der Waals surface area contributed by atoms with Crippen LogP contribution in [0.2, 0.25) is 0 Å². The van der Waals surface area contributed by atoms with Gasteiger partial charge in [-0.25, -0.2) is 0 Å². The SMILES string of the molecule is Cc1cccc(NCc2cc(Br)cc(Br)c2OCc2ccccc2)c1. The number of aryl methyl sites for hydroxylation is 1. The minimum Gasteiger partial charge on any atom is -0.487 e. The third-order valence-corrected chi connectivity index (χ3v) is 4.86. The molecule has 0 atom stereocenters. The van der Waals surface area contributed by atoms with E-state index < -0.39 is 0 Å². The van der Waals surface area contributed by atoms with E-state index >= 15 is 0 Å². The van der Waals surface area contributed by atoms with Crippen LogP contribution in [0, 0.1) is 6.92 Å². The van der Waals surface area contributed by atoms with Crippen molar-refractivity contribution in [2.45, 2.75) is 20.1 Å². The van der Waals surface area contributed by atoms with Crippen molar-refractivity contribution in [2.75, 3.05) is 5.32 Å². The lowest BCUT2D eigenvalue weighted by Gasteiger charge is -2.16. The number of halogens is 2. The number of nitrogens with one attached hydrogen (secondary N) is 1. The van der Waals surface area contributed by atoms with Crippen LogP contribution in [0.25, 0.3) is 0 Å². The zero-order valence-corrected chi connectivity index (χ0v) is 17.1. The molecular formula is C21H19Br2NO. The molecule has 0 amide bonds. The number of anilines is 1. The summed E-state index contributed by atoms with van der Waals surface area (Å²) in [7, 11) is 0. The van der Waals surface area contributed by atoms with E-state index in [9.17, 15) is 0 Å². The van der Waals surface area contributed by atoms with E-state index in [-0.39, 0.29) is 0 Å². The highest BCUT2D eigenvalue weighted by atomic mass is 79.9. The van der Waals surface area contributed by atoms with E-state index in [2.05, 4.69) is 86.6 Å². The van der Waals surface area contributed by atoms with Crippen LogP contribution in [0.4, 0.5) is 5.69 Å². The molecular weight excluding hydrogens is 442 g/mol. The van der Waals surface area contributed by atoms with Gasteiger partial charge in [0.2, 0.25) is 0 Å². The molecule has 128 valence electrons. The molecule has 3 rings (SSSR count). The van der Waals surface area contributed by atoms with Crippen molar-refractivity contribution in [3.63, 3.8) is 0 Å². The Hall–Kier alpha value is -1.78. The van der Waals surface area contributed by atoms with Gasteiger partial charge < -0.3 is 10.1 Å². The first kappa shape index (κ1) is 18.0. The van der Waals surface area contributed by atoms with Crippen molar-refractivity contribution in [2.24, 2.45) is 0 Å². The fourth-order valence-corrected chi connectivity index (χ4v) is 4.02. The monoisotopic (exact) mass is 459 g/mol. The van der Waals surface area contributed by atoms with Crippen molar-refractivity contribution in [1.82, 2.24) is 0 Å².